The quantitative estimate of drug-likeness (QED) is 0.0404. The van der Waals surface area contributed by atoms with Crippen LogP contribution in [-0.2, 0) is 91.9 Å². The Bertz CT molecular complexity index is 4210. The maximum absolute atomic E-state index is 12.8. The van der Waals surface area contributed by atoms with Crippen LogP contribution in [0.4, 0.5) is 8.78 Å². The van der Waals surface area contributed by atoms with Gasteiger partial charge in [-0.1, -0.05) is 205 Å². The van der Waals surface area contributed by atoms with Crippen molar-refractivity contribution >= 4 is 64.6 Å². The third kappa shape index (κ3) is 31.1. The third-order valence-corrected chi connectivity index (χ3v) is 35.3. The summed E-state index contributed by atoms with van der Waals surface area (Å²) in [5.41, 5.74) is -4.27. The Kier molecular flexibility index (Phi) is 49.5. The van der Waals surface area contributed by atoms with Crippen LogP contribution in [0, 0.1) is 104 Å². The first-order valence-corrected chi connectivity index (χ1v) is 50.8. The van der Waals surface area contributed by atoms with Gasteiger partial charge in [0.15, 0.2) is 21.3 Å². The van der Waals surface area contributed by atoms with Gasteiger partial charge in [-0.25, -0.2) is 14.4 Å². The zero-order valence-electron chi connectivity index (χ0n) is 81.9. The number of fused-ring (bicyclic) bond motifs is 1. The van der Waals surface area contributed by atoms with Crippen LogP contribution in [0.2, 0.25) is 0 Å². The van der Waals surface area contributed by atoms with Crippen LogP contribution in [0.25, 0.3) is 0 Å². The number of benzene rings is 3. The summed E-state index contributed by atoms with van der Waals surface area (Å²) in [7, 11) is -0.0146. The maximum atomic E-state index is 12.8. The summed E-state index contributed by atoms with van der Waals surface area (Å²) in [6, 6.07) is 31.7. The Balaban J connectivity index is 0.000000810. The highest BCUT2D eigenvalue weighted by molar-refractivity contribution is 7.97. The SMILES string of the molecule is C.C.C.C.C.C.C.C.C.C.CC(F)(F)C(=O)OCC12CC3CC(CC(O)(C3)C1)C2.CCC(C)(C)C(=O)NC1CCOC1=O.CCC(C)(C)C(=O)OC1(C(C)C)C2CC3CC(C2)CC1C3.CCC(C)(C)C(=O)OC12CC3CC(CC(O)(C3)C1)C2.CCC(C)(C)C(=O)OCC(=O)OC1C2CC3C(=O)OC1C3C2.CCC1(OC(=O)C(C)(C)CC)CCCCC1.c1ccc([S+](c2ccccc2)c2ccccc2)cc1. The summed E-state index contributed by atoms with van der Waals surface area (Å²) < 4.78 is 69.2. The number of cyclic esters (lactones) is 1. The molecule has 0 radical (unpaired) electrons. The molecule has 20 nitrogen and oxygen atoms in total. The number of rotatable bonds is 25. The first-order valence-electron chi connectivity index (χ1n) is 49.6. The van der Waals surface area contributed by atoms with Gasteiger partial charge in [-0.05, 0) is 325 Å². The fourth-order valence-corrected chi connectivity index (χ4v) is 26.5. The van der Waals surface area contributed by atoms with Crippen molar-refractivity contribution in [3.05, 3.63) is 91.0 Å². The van der Waals surface area contributed by atoms with E-state index in [0.29, 0.717) is 80.6 Å². The van der Waals surface area contributed by atoms with Gasteiger partial charge in [-0.2, -0.15) is 8.78 Å². The molecule has 17 aliphatic rings. The van der Waals surface area contributed by atoms with Gasteiger partial charge in [-0.3, -0.25) is 28.8 Å². The lowest BCUT2D eigenvalue weighted by Crippen LogP contribution is -2.63. The van der Waals surface area contributed by atoms with Gasteiger partial charge in [0.25, 0.3) is 0 Å². The number of ether oxygens (including phenoxy) is 8. The van der Waals surface area contributed by atoms with Crippen LogP contribution >= 0.6 is 0 Å². The van der Waals surface area contributed by atoms with Crippen LogP contribution in [0.3, 0.4) is 0 Å². The summed E-state index contributed by atoms with van der Waals surface area (Å²) in [6.07, 6.45) is 29.6. The number of amides is 1. The number of alkyl halides is 2. The van der Waals surface area contributed by atoms with Crippen molar-refractivity contribution in [1.82, 2.24) is 5.32 Å². The predicted molar refractivity (Wildman–Crippen MR) is 562 cm³/mol. The molecule has 804 valence electrons. The molecule has 3 aromatic rings. The van der Waals surface area contributed by atoms with Gasteiger partial charge in [0, 0.05) is 42.4 Å². The summed E-state index contributed by atoms with van der Waals surface area (Å²) in [5, 5.41) is 23.9. The summed E-state index contributed by atoms with van der Waals surface area (Å²) in [5.74, 6) is -0.560. The second-order valence-corrected chi connectivity index (χ2v) is 47.5. The Morgan fingerprint density at radius 1 is 0.471 bits per heavy atom. The highest BCUT2D eigenvalue weighted by atomic mass is 32.2. The topological polar surface area (TPSA) is 280 Å². The molecule has 2 saturated heterocycles. The minimum absolute atomic E-state index is 0. The summed E-state index contributed by atoms with van der Waals surface area (Å²) in [4.78, 5) is 111. The van der Waals surface area contributed by atoms with Crippen molar-refractivity contribution in [1.29, 1.82) is 0 Å². The fourth-order valence-electron chi connectivity index (χ4n) is 24.4. The molecule has 3 N–H and O–H groups in total. The number of carbonyl (C=O) groups is 9. The Hall–Kier alpha value is -6.98. The van der Waals surface area contributed by atoms with E-state index < -0.39 is 57.3 Å². The second kappa shape index (κ2) is 52.9. The van der Waals surface area contributed by atoms with E-state index in [-0.39, 0.29) is 197 Å². The van der Waals surface area contributed by atoms with Gasteiger partial charge >= 0.3 is 53.7 Å². The highest BCUT2D eigenvalue weighted by Gasteiger charge is 2.66. The molecule has 0 aromatic heterocycles. The summed E-state index contributed by atoms with van der Waals surface area (Å²) >= 11 is 0. The number of halogens is 2. The lowest BCUT2D eigenvalue weighted by Gasteiger charge is -2.62. The van der Waals surface area contributed by atoms with Crippen LogP contribution in [0.1, 0.15) is 405 Å². The van der Waals surface area contributed by atoms with Crippen molar-refractivity contribution in [2.75, 3.05) is 19.8 Å². The molecule has 3 aromatic carbocycles. The van der Waals surface area contributed by atoms with E-state index >= 15 is 0 Å². The molecule has 23 heteroatoms. The van der Waals surface area contributed by atoms with Gasteiger partial charge in [0.1, 0.15) is 35.1 Å². The van der Waals surface area contributed by atoms with Crippen molar-refractivity contribution < 1.29 is 100 Å². The standard InChI is InChI=1S/C19H32O2.C18H15S.C16H22O6.C16H26O3.C14H20F2O3.C14H26O2.C10H17NO3.10CH4/c1-6-18(4,5)17(20)21-19(12(2)3)15-8-13-7-14(10-15)11-16(19)9-13;1-4-10-16(11-5-1)19(17-12-6-2-7-13-17)18-14-8-3-9-15-18;1-4-16(2,3)15(19)20-7-11(17)21-12-8-5-9-10(6-8)14(18)22-13(9)12;1-4-14(2,3)13(17)19-16-8-11-5-12(9-16)7-15(18,6-11)10-16;1-12(15,16)11(17)19-8-13-3-9-2-10(4-13)6-14(18,5-9)7-13;1-5-13(3,4)12(15)16-14(6-2)10-8-7-9-11-14;1-4-10(2,3)9(13)11-7-5-6-14-8(7)12;;;;;;;;;;/h12-16H,6-11H2,1-5H3;1-15H;8-10,12-13H,4-7H2,1-3H3;11-12,18H,4-10H2,1-3H3;9-10,18H,2-8H2,1H3;5-11H2,1-4H3;7H,4-6H2,1-3H3,(H,11,13);10*1H4/q;+1;;;;;;;;;;;;;;;. The molecule has 10 unspecified atom stereocenters. The number of nitrogens with one attached hydrogen (secondary N) is 1. The van der Waals surface area contributed by atoms with E-state index in [1.165, 1.54) is 72.5 Å². The normalized spacial score (nSPS) is 29.8. The van der Waals surface area contributed by atoms with Crippen LogP contribution < -0.4 is 5.32 Å². The van der Waals surface area contributed by atoms with Crippen molar-refractivity contribution in [3.63, 3.8) is 0 Å². The first-order chi connectivity index (χ1) is 61.0. The number of aliphatic hydroxyl groups is 2. The molecule has 2 aliphatic heterocycles. The van der Waals surface area contributed by atoms with Gasteiger partial charge in [0.2, 0.25) is 5.91 Å². The number of esters is 8. The lowest BCUT2D eigenvalue weighted by molar-refractivity contribution is -0.231. The van der Waals surface area contributed by atoms with Gasteiger partial charge < -0.3 is 53.4 Å². The number of hydrogen-bond acceptors (Lipinski definition) is 19. The first kappa shape index (κ1) is 131. The van der Waals surface area contributed by atoms with E-state index in [2.05, 4.69) is 124 Å². The summed E-state index contributed by atoms with van der Waals surface area (Å²) in [6.45, 7) is 36.5. The lowest BCUT2D eigenvalue weighted by atomic mass is 9.47. The Labute approximate surface area is 851 Å². The molecule has 17 fully saturated rings. The molecule has 14 bridgehead atoms. The highest BCUT2D eigenvalue weighted by Crippen LogP contribution is 2.65. The average molecular weight is 1990 g/mol. The molecule has 140 heavy (non-hydrogen) atoms. The monoisotopic (exact) mass is 1990 g/mol. The van der Waals surface area contributed by atoms with E-state index in [1.807, 2.05) is 83.1 Å². The molecule has 15 aliphatic carbocycles. The van der Waals surface area contributed by atoms with E-state index in [4.69, 9.17) is 37.9 Å². The Morgan fingerprint density at radius 2 is 0.879 bits per heavy atom. The van der Waals surface area contributed by atoms with E-state index in [0.717, 1.165) is 127 Å². The van der Waals surface area contributed by atoms with Crippen molar-refractivity contribution in [2.45, 2.75) is 472 Å². The van der Waals surface area contributed by atoms with Gasteiger partial charge in [0.05, 0.1) is 62.9 Å². The fraction of sp³-hybridized carbons (Fsp3) is 0.769. The zero-order valence-corrected chi connectivity index (χ0v) is 82.7. The van der Waals surface area contributed by atoms with E-state index in [9.17, 15) is 62.1 Å². The van der Waals surface area contributed by atoms with Crippen LogP contribution in [0.15, 0.2) is 106 Å². The third-order valence-electron chi connectivity index (χ3n) is 33.0. The number of hydrogen-bond donors (Lipinski definition) is 3. The minimum Gasteiger partial charge on any atom is -0.464 e. The predicted octanol–water partition coefficient (Wildman–Crippen LogP) is 27.9. The molecule has 15 saturated carbocycles. The van der Waals surface area contributed by atoms with Crippen LogP contribution in [-0.4, -0.2) is 136 Å². The zero-order chi connectivity index (χ0) is 95.2. The van der Waals surface area contributed by atoms with Crippen molar-refractivity contribution in [2.24, 2.45) is 104 Å². The largest absolute Gasteiger partial charge is 0.464 e. The second-order valence-electron chi connectivity index (χ2n) is 45.4. The molecule has 20 rings (SSSR count). The molecular weight excluding hydrogens is 1790 g/mol. The molecule has 0 spiro atoms. The average Bonchev–Trinajstić information content (AvgIpc) is 1.11. The number of carbonyl (C=O) groups excluding carboxylic acids is 9. The van der Waals surface area contributed by atoms with Crippen LogP contribution in [0.5, 0.6) is 0 Å². The maximum Gasteiger partial charge on any atom is 0.376 e. The molecule has 2 heterocycles. The minimum atomic E-state index is -3.43. The van der Waals surface area contributed by atoms with Gasteiger partial charge in [-0.15, -0.1) is 0 Å². The smallest absolute Gasteiger partial charge is 0.376 e. The Morgan fingerprint density at radius 3 is 1.27 bits per heavy atom. The van der Waals surface area contributed by atoms with E-state index in [1.54, 1.807) is 13.8 Å². The molecule has 10 atom stereocenters. The van der Waals surface area contributed by atoms with Crippen molar-refractivity contribution in [3.8, 4) is 0 Å². The molecular formula is C117H198F2NO19S+. The molecule has 1 amide bonds.